The second kappa shape index (κ2) is 5.27. The maximum atomic E-state index is 5.80. The lowest BCUT2D eigenvalue weighted by Gasteiger charge is -2.22. The van der Waals surface area contributed by atoms with E-state index in [1.807, 2.05) is 6.20 Å². The molecule has 1 aliphatic carbocycles. The first kappa shape index (κ1) is 13.3. The molecular formula is C15H25N3. The summed E-state index contributed by atoms with van der Waals surface area (Å²) >= 11 is 0. The predicted octanol–water partition coefficient (Wildman–Crippen LogP) is 2.92. The van der Waals surface area contributed by atoms with Gasteiger partial charge in [0.15, 0.2) is 0 Å². The zero-order valence-corrected chi connectivity index (χ0v) is 11.7. The van der Waals surface area contributed by atoms with Gasteiger partial charge in [-0.2, -0.15) is 0 Å². The van der Waals surface area contributed by atoms with Gasteiger partial charge in [-0.3, -0.25) is 0 Å². The minimum atomic E-state index is 0.165. The van der Waals surface area contributed by atoms with Gasteiger partial charge in [0.25, 0.3) is 0 Å². The highest BCUT2D eigenvalue weighted by Crippen LogP contribution is 2.28. The average molecular weight is 247 g/mol. The highest BCUT2D eigenvalue weighted by molar-refractivity contribution is 5.38. The Balaban J connectivity index is 2.02. The minimum Gasteiger partial charge on any atom is -0.367 e. The van der Waals surface area contributed by atoms with E-state index in [0.717, 1.165) is 12.4 Å². The summed E-state index contributed by atoms with van der Waals surface area (Å²) in [4.78, 5) is 4.53. The highest BCUT2D eigenvalue weighted by Gasteiger charge is 2.26. The Bertz CT molecular complexity index is 378. The van der Waals surface area contributed by atoms with E-state index >= 15 is 0 Å². The van der Waals surface area contributed by atoms with E-state index in [0.29, 0.717) is 12.0 Å². The van der Waals surface area contributed by atoms with Gasteiger partial charge in [0, 0.05) is 12.2 Å². The lowest BCUT2D eigenvalue weighted by Crippen LogP contribution is -2.29. The van der Waals surface area contributed by atoms with Crippen molar-refractivity contribution in [2.75, 3.05) is 11.9 Å². The Morgan fingerprint density at radius 3 is 2.67 bits per heavy atom. The molecule has 1 aliphatic rings. The number of aromatic nitrogens is 1. The van der Waals surface area contributed by atoms with E-state index in [2.05, 4.69) is 43.2 Å². The largest absolute Gasteiger partial charge is 0.367 e. The van der Waals surface area contributed by atoms with Crippen LogP contribution in [0.4, 0.5) is 5.82 Å². The van der Waals surface area contributed by atoms with Gasteiger partial charge in [-0.25, -0.2) is 4.98 Å². The first-order valence-electron chi connectivity index (χ1n) is 6.94. The molecule has 0 aromatic carbocycles. The van der Waals surface area contributed by atoms with Gasteiger partial charge < -0.3 is 11.1 Å². The molecule has 100 valence electrons. The third-order valence-electron chi connectivity index (χ3n) is 3.92. The van der Waals surface area contributed by atoms with Gasteiger partial charge in [0.2, 0.25) is 0 Å². The van der Waals surface area contributed by atoms with E-state index in [1.165, 1.54) is 24.8 Å². The normalized spacial score (nSPS) is 24.2. The molecule has 2 rings (SSSR count). The molecule has 2 atom stereocenters. The summed E-state index contributed by atoms with van der Waals surface area (Å²) in [6, 6.07) is 4.76. The summed E-state index contributed by atoms with van der Waals surface area (Å²) in [6.07, 6.45) is 5.72. The molecule has 1 heterocycles. The number of nitrogens with two attached hydrogens (primary N) is 1. The third-order valence-corrected chi connectivity index (χ3v) is 3.92. The van der Waals surface area contributed by atoms with Crippen LogP contribution in [0.25, 0.3) is 0 Å². The molecule has 1 aromatic rings. The van der Waals surface area contributed by atoms with Crippen LogP contribution in [0.1, 0.15) is 45.6 Å². The summed E-state index contributed by atoms with van der Waals surface area (Å²) in [5, 5.41) is 3.53. The molecule has 3 nitrogen and oxygen atoms in total. The molecule has 1 aromatic heterocycles. The third kappa shape index (κ3) is 3.02. The Morgan fingerprint density at radius 1 is 1.33 bits per heavy atom. The van der Waals surface area contributed by atoms with E-state index in [4.69, 9.17) is 5.73 Å². The SMILES string of the molecule is CC(C)(C)c1ccc(NC2CCCC2CN)nc1. The van der Waals surface area contributed by atoms with E-state index in [1.54, 1.807) is 0 Å². The van der Waals surface area contributed by atoms with Gasteiger partial charge in [0.05, 0.1) is 0 Å². The molecule has 2 unspecified atom stereocenters. The molecule has 1 fully saturated rings. The Labute approximate surface area is 110 Å². The first-order chi connectivity index (χ1) is 8.50. The fraction of sp³-hybridized carbons (Fsp3) is 0.667. The number of hydrogen-bond donors (Lipinski definition) is 2. The van der Waals surface area contributed by atoms with Crippen molar-refractivity contribution in [3.05, 3.63) is 23.9 Å². The molecule has 1 saturated carbocycles. The Morgan fingerprint density at radius 2 is 2.11 bits per heavy atom. The van der Waals surface area contributed by atoms with Crippen molar-refractivity contribution in [2.24, 2.45) is 11.7 Å². The van der Waals surface area contributed by atoms with Crippen molar-refractivity contribution in [1.82, 2.24) is 4.98 Å². The van der Waals surface area contributed by atoms with Crippen molar-refractivity contribution in [3.63, 3.8) is 0 Å². The smallest absolute Gasteiger partial charge is 0.126 e. The molecule has 0 aliphatic heterocycles. The van der Waals surface area contributed by atoms with Gasteiger partial charge >= 0.3 is 0 Å². The highest BCUT2D eigenvalue weighted by atomic mass is 15.0. The molecule has 0 bridgehead atoms. The fourth-order valence-electron chi connectivity index (χ4n) is 2.62. The van der Waals surface area contributed by atoms with Crippen LogP contribution < -0.4 is 11.1 Å². The summed E-state index contributed by atoms with van der Waals surface area (Å²) in [6.45, 7) is 7.40. The van der Waals surface area contributed by atoms with Crippen LogP contribution >= 0.6 is 0 Å². The van der Waals surface area contributed by atoms with Gasteiger partial charge in [0.1, 0.15) is 5.82 Å². The van der Waals surface area contributed by atoms with Crippen LogP contribution in [-0.2, 0) is 5.41 Å². The molecular weight excluding hydrogens is 222 g/mol. The molecule has 3 heteroatoms. The van der Waals surface area contributed by atoms with Crippen molar-refractivity contribution in [1.29, 1.82) is 0 Å². The average Bonchev–Trinajstić information content (AvgIpc) is 2.76. The first-order valence-corrected chi connectivity index (χ1v) is 6.94. The van der Waals surface area contributed by atoms with Crippen LogP contribution in [-0.4, -0.2) is 17.6 Å². The summed E-state index contributed by atoms with van der Waals surface area (Å²) in [5.74, 6) is 1.59. The number of nitrogens with zero attached hydrogens (tertiary/aromatic N) is 1. The standard InChI is InChI=1S/C15H25N3/c1-15(2,3)12-7-8-14(17-10-12)18-13-6-4-5-11(13)9-16/h7-8,10-11,13H,4-6,9,16H2,1-3H3,(H,17,18). The topological polar surface area (TPSA) is 50.9 Å². The van der Waals surface area contributed by atoms with Crippen molar-refractivity contribution < 1.29 is 0 Å². The van der Waals surface area contributed by atoms with Crippen LogP contribution in [0.3, 0.4) is 0 Å². The summed E-state index contributed by atoms with van der Waals surface area (Å²) < 4.78 is 0. The quantitative estimate of drug-likeness (QED) is 0.863. The van der Waals surface area contributed by atoms with E-state index in [9.17, 15) is 0 Å². The van der Waals surface area contributed by atoms with Crippen LogP contribution in [0.2, 0.25) is 0 Å². The van der Waals surface area contributed by atoms with Crippen molar-refractivity contribution >= 4 is 5.82 Å². The molecule has 0 radical (unpaired) electrons. The van der Waals surface area contributed by atoms with Crippen LogP contribution in [0.15, 0.2) is 18.3 Å². The zero-order chi connectivity index (χ0) is 13.2. The number of hydrogen-bond acceptors (Lipinski definition) is 3. The van der Waals surface area contributed by atoms with E-state index < -0.39 is 0 Å². The van der Waals surface area contributed by atoms with Gasteiger partial charge in [-0.15, -0.1) is 0 Å². The molecule has 18 heavy (non-hydrogen) atoms. The molecule has 0 spiro atoms. The summed E-state index contributed by atoms with van der Waals surface area (Å²) in [7, 11) is 0. The monoisotopic (exact) mass is 247 g/mol. The van der Waals surface area contributed by atoms with Gasteiger partial charge in [-0.1, -0.05) is 33.3 Å². The summed E-state index contributed by atoms with van der Waals surface area (Å²) in [5.41, 5.74) is 7.24. The second-order valence-electron chi connectivity index (χ2n) is 6.36. The lowest BCUT2D eigenvalue weighted by molar-refractivity contribution is 0.515. The van der Waals surface area contributed by atoms with E-state index in [-0.39, 0.29) is 5.41 Å². The number of rotatable bonds is 3. The second-order valence-corrected chi connectivity index (χ2v) is 6.36. The van der Waals surface area contributed by atoms with Crippen LogP contribution in [0, 0.1) is 5.92 Å². The molecule has 0 amide bonds. The zero-order valence-electron chi connectivity index (χ0n) is 11.7. The maximum absolute atomic E-state index is 5.80. The van der Waals surface area contributed by atoms with Crippen molar-refractivity contribution in [2.45, 2.75) is 51.5 Å². The predicted molar refractivity (Wildman–Crippen MR) is 76.7 cm³/mol. The van der Waals surface area contributed by atoms with Crippen LogP contribution in [0.5, 0.6) is 0 Å². The molecule has 3 N–H and O–H groups in total. The Kier molecular flexibility index (Phi) is 3.91. The van der Waals surface area contributed by atoms with Gasteiger partial charge in [-0.05, 0) is 42.3 Å². The minimum absolute atomic E-state index is 0.165. The number of nitrogens with one attached hydrogen (secondary N) is 1. The number of anilines is 1. The Hall–Kier alpha value is -1.09. The van der Waals surface area contributed by atoms with Crippen molar-refractivity contribution in [3.8, 4) is 0 Å². The lowest BCUT2D eigenvalue weighted by atomic mass is 9.88. The fourth-order valence-corrected chi connectivity index (χ4v) is 2.62. The number of pyridine rings is 1. The maximum Gasteiger partial charge on any atom is 0.126 e. The molecule has 0 saturated heterocycles.